The van der Waals surface area contributed by atoms with Gasteiger partial charge in [0, 0.05) is 24.0 Å². The van der Waals surface area contributed by atoms with E-state index in [2.05, 4.69) is 17.2 Å². The summed E-state index contributed by atoms with van der Waals surface area (Å²) in [5.41, 5.74) is 2.50. The van der Waals surface area contributed by atoms with Gasteiger partial charge in [0.1, 0.15) is 0 Å². The number of nitrogens with zero attached hydrogens (tertiary/aromatic N) is 1. The Hall–Kier alpha value is -1.61. The second kappa shape index (κ2) is 5.47. The van der Waals surface area contributed by atoms with E-state index in [1.165, 1.54) is 11.1 Å². The first-order chi connectivity index (χ1) is 7.86. The first-order valence-corrected chi connectivity index (χ1v) is 5.50. The summed E-state index contributed by atoms with van der Waals surface area (Å²) >= 11 is 0. The van der Waals surface area contributed by atoms with Gasteiger partial charge < -0.3 is 9.73 Å². The lowest BCUT2D eigenvalue weighted by atomic mass is 10.1. The second-order valence-corrected chi connectivity index (χ2v) is 3.84. The maximum absolute atomic E-state index is 5.05. The molecule has 0 spiro atoms. The van der Waals surface area contributed by atoms with Crippen molar-refractivity contribution >= 4 is 0 Å². The number of aromatic nitrogens is 1. The van der Waals surface area contributed by atoms with Crippen LogP contribution in [-0.2, 0) is 6.42 Å². The van der Waals surface area contributed by atoms with Crippen LogP contribution in [0.5, 0.6) is 0 Å². The van der Waals surface area contributed by atoms with E-state index in [1.54, 1.807) is 12.5 Å². The molecule has 0 amide bonds. The van der Waals surface area contributed by atoms with Crippen LogP contribution in [0, 0.1) is 0 Å². The molecule has 2 rings (SSSR count). The summed E-state index contributed by atoms with van der Waals surface area (Å²) in [4.78, 5) is 4.00. The minimum atomic E-state index is 0.334. The molecule has 0 aliphatic carbocycles. The van der Waals surface area contributed by atoms with Crippen LogP contribution in [0.15, 0.2) is 47.5 Å². The van der Waals surface area contributed by atoms with Crippen molar-refractivity contribution < 1.29 is 4.42 Å². The largest absolute Gasteiger partial charge is 0.472 e. The minimum Gasteiger partial charge on any atom is -0.472 e. The summed E-state index contributed by atoms with van der Waals surface area (Å²) in [7, 11) is 0. The Kier molecular flexibility index (Phi) is 3.72. The van der Waals surface area contributed by atoms with E-state index in [1.807, 2.05) is 30.6 Å². The fourth-order valence-electron chi connectivity index (χ4n) is 1.62. The van der Waals surface area contributed by atoms with Crippen molar-refractivity contribution in [2.45, 2.75) is 19.4 Å². The molecule has 0 aliphatic heterocycles. The molecular weight excluding hydrogens is 200 g/mol. The van der Waals surface area contributed by atoms with Gasteiger partial charge in [0.25, 0.3) is 0 Å². The van der Waals surface area contributed by atoms with E-state index in [-0.39, 0.29) is 0 Å². The standard InChI is InChI=1S/C13H16N2O/c1-11(13-5-9-16-10-13)15-8-4-12-2-6-14-7-3-12/h2-3,5-7,9-11,15H,4,8H2,1H3. The molecule has 0 radical (unpaired) electrons. The minimum absolute atomic E-state index is 0.334. The van der Waals surface area contributed by atoms with Gasteiger partial charge in [-0.25, -0.2) is 0 Å². The molecule has 0 saturated heterocycles. The fourth-order valence-corrected chi connectivity index (χ4v) is 1.62. The first-order valence-electron chi connectivity index (χ1n) is 5.50. The van der Waals surface area contributed by atoms with Gasteiger partial charge in [-0.3, -0.25) is 4.98 Å². The zero-order valence-corrected chi connectivity index (χ0v) is 9.39. The number of hydrogen-bond donors (Lipinski definition) is 1. The van der Waals surface area contributed by atoms with E-state index < -0.39 is 0 Å². The van der Waals surface area contributed by atoms with Crippen LogP contribution in [-0.4, -0.2) is 11.5 Å². The Labute approximate surface area is 95.5 Å². The maximum Gasteiger partial charge on any atom is 0.0950 e. The molecule has 0 fully saturated rings. The van der Waals surface area contributed by atoms with Crippen LogP contribution in [0.2, 0.25) is 0 Å². The lowest BCUT2D eigenvalue weighted by molar-refractivity contribution is 0.540. The molecule has 84 valence electrons. The number of hydrogen-bond acceptors (Lipinski definition) is 3. The van der Waals surface area contributed by atoms with Gasteiger partial charge >= 0.3 is 0 Å². The molecular formula is C13H16N2O. The summed E-state index contributed by atoms with van der Waals surface area (Å²) < 4.78 is 5.05. The highest BCUT2D eigenvalue weighted by atomic mass is 16.3. The van der Waals surface area contributed by atoms with E-state index >= 15 is 0 Å². The van der Waals surface area contributed by atoms with Crippen LogP contribution in [0.3, 0.4) is 0 Å². The average Bonchev–Trinajstić information content (AvgIpc) is 2.84. The molecule has 1 unspecified atom stereocenters. The van der Waals surface area contributed by atoms with Gasteiger partial charge in [0.2, 0.25) is 0 Å². The third kappa shape index (κ3) is 2.94. The summed E-state index contributed by atoms with van der Waals surface area (Å²) in [6.45, 7) is 3.09. The Bertz CT molecular complexity index is 397. The van der Waals surface area contributed by atoms with Gasteiger partial charge in [-0.1, -0.05) is 0 Å². The molecule has 0 aromatic carbocycles. The predicted molar refractivity (Wildman–Crippen MR) is 63.1 cm³/mol. The number of nitrogens with one attached hydrogen (secondary N) is 1. The summed E-state index contributed by atoms with van der Waals surface area (Å²) in [6.07, 6.45) is 8.16. The van der Waals surface area contributed by atoms with Gasteiger partial charge in [-0.05, 0) is 43.7 Å². The van der Waals surface area contributed by atoms with Crippen molar-refractivity contribution in [2.24, 2.45) is 0 Å². The molecule has 0 bridgehead atoms. The average molecular weight is 216 g/mol. The maximum atomic E-state index is 5.05. The monoisotopic (exact) mass is 216 g/mol. The summed E-state index contributed by atoms with van der Waals surface area (Å²) in [5, 5.41) is 3.45. The van der Waals surface area contributed by atoms with Crippen molar-refractivity contribution in [3.8, 4) is 0 Å². The summed E-state index contributed by atoms with van der Waals surface area (Å²) in [5.74, 6) is 0. The molecule has 0 saturated carbocycles. The molecule has 3 heteroatoms. The normalized spacial score (nSPS) is 12.6. The SMILES string of the molecule is CC(NCCc1ccncc1)c1ccoc1. The molecule has 1 atom stereocenters. The smallest absolute Gasteiger partial charge is 0.0950 e. The van der Waals surface area contributed by atoms with Crippen molar-refractivity contribution in [3.63, 3.8) is 0 Å². The topological polar surface area (TPSA) is 38.1 Å². The van der Waals surface area contributed by atoms with Crippen molar-refractivity contribution in [1.29, 1.82) is 0 Å². The van der Waals surface area contributed by atoms with Crippen LogP contribution < -0.4 is 5.32 Å². The van der Waals surface area contributed by atoms with E-state index in [4.69, 9.17) is 4.42 Å². The number of furan rings is 1. The van der Waals surface area contributed by atoms with Crippen molar-refractivity contribution in [3.05, 3.63) is 54.2 Å². The number of rotatable bonds is 5. The van der Waals surface area contributed by atoms with Crippen molar-refractivity contribution in [1.82, 2.24) is 10.3 Å². The fraction of sp³-hybridized carbons (Fsp3) is 0.308. The molecule has 3 nitrogen and oxygen atoms in total. The van der Waals surface area contributed by atoms with E-state index in [9.17, 15) is 0 Å². The lowest BCUT2D eigenvalue weighted by Gasteiger charge is -2.11. The van der Waals surface area contributed by atoms with Gasteiger partial charge in [-0.15, -0.1) is 0 Å². The van der Waals surface area contributed by atoms with Crippen LogP contribution in [0.4, 0.5) is 0 Å². The van der Waals surface area contributed by atoms with E-state index in [0.717, 1.165) is 13.0 Å². The highest BCUT2D eigenvalue weighted by Gasteiger charge is 2.04. The van der Waals surface area contributed by atoms with Crippen LogP contribution >= 0.6 is 0 Å². The summed E-state index contributed by atoms with van der Waals surface area (Å²) in [6, 6.07) is 6.42. The Morgan fingerprint density at radius 2 is 2.12 bits per heavy atom. The number of pyridine rings is 1. The molecule has 2 aromatic heterocycles. The zero-order chi connectivity index (χ0) is 11.2. The zero-order valence-electron chi connectivity index (χ0n) is 9.39. The lowest BCUT2D eigenvalue weighted by Crippen LogP contribution is -2.20. The molecule has 2 aromatic rings. The third-order valence-electron chi connectivity index (χ3n) is 2.66. The van der Waals surface area contributed by atoms with Gasteiger partial charge in [-0.2, -0.15) is 0 Å². The Morgan fingerprint density at radius 1 is 1.31 bits per heavy atom. The molecule has 1 N–H and O–H groups in total. The Morgan fingerprint density at radius 3 is 2.81 bits per heavy atom. The van der Waals surface area contributed by atoms with Gasteiger partial charge in [0.05, 0.1) is 12.5 Å². The van der Waals surface area contributed by atoms with Crippen molar-refractivity contribution in [2.75, 3.05) is 6.54 Å². The first kappa shape index (κ1) is 10.9. The van der Waals surface area contributed by atoms with Crippen LogP contribution in [0.1, 0.15) is 24.1 Å². The highest BCUT2D eigenvalue weighted by molar-refractivity contribution is 5.12. The molecule has 0 aliphatic rings. The quantitative estimate of drug-likeness (QED) is 0.834. The third-order valence-corrected chi connectivity index (χ3v) is 2.66. The van der Waals surface area contributed by atoms with E-state index in [0.29, 0.717) is 6.04 Å². The molecule has 2 heterocycles. The second-order valence-electron chi connectivity index (χ2n) is 3.84. The molecule has 16 heavy (non-hydrogen) atoms. The highest BCUT2D eigenvalue weighted by Crippen LogP contribution is 2.11. The predicted octanol–water partition coefficient (Wildman–Crippen LogP) is 2.57. The van der Waals surface area contributed by atoms with Gasteiger partial charge in [0.15, 0.2) is 0 Å². The Balaban J connectivity index is 1.76. The van der Waals surface area contributed by atoms with Crippen LogP contribution in [0.25, 0.3) is 0 Å².